The Labute approximate surface area is 159 Å². The van der Waals surface area contributed by atoms with Crippen LogP contribution < -0.4 is 10.6 Å². The summed E-state index contributed by atoms with van der Waals surface area (Å²) in [6.07, 6.45) is 3.49. The maximum atomic E-state index is 6.30. The molecule has 122 valence electrons. The average Bonchev–Trinajstić information content (AvgIpc) is 2.58. The number of hydrogen-bond acceptors (Lipinski definition) is 5. The summed E-state index contributed by atoms with van der Waals surface area (Å²) < 4.78 is 1.08. The van der Waals surface area contributed by atoms with Gasteiger partial charge in [-0.2, -0.15) is 4.98 Å². The molecule has 2 aromatic heterocycles. The molecule has 0 radical (unpaired) electrons. The highest BCUT2D eigenvalue weighted by molar-refractivity contribution is 14.1. The lowest BCUT2D eigenvalue weighted by atomic mass is 10.2. The zero-order valence-electron chi connectivity index (χ0n) is 12.9. The van der Waals surface area contributed by atoms with E-state index in [9.17, 15) is 0 Å². The molecule has 24 heavy (non-hydrogen) atoms. The first-order valence-electron chi connectivity index (χ1n) is 7.41. The quantitative estimate of drug-likeness (QED) is 0.536. The highest BCUT2D eigenvalue weighted by Gasteiger charge is 2.08. The fourth-order valence-corrected chi connectivity index (χ4v) is 3.05. The third-order valence-corrected chi connectivity index (χ3v) is 4.21. The largest absolute Gasteiger partial charge is 0.354 e. The molecule has 0 unspecified atom stereocenters. The van der Waals surface area contributed by atoms with Crippen LogP contribution in [0.3, 0.4) is 0 Å². The topological polar surface area (TPSA) is 62.7 Å². The van der Waals surface area contributed by atoms with Crippen molar-refractivity contribution in [1.29, 1.82) is 0 Å². The number of pyridine rings is 1. The number of anilines is 3. The second kappa shape index (κ2) is 7.76. The molecule has 7 heteroatoms. The van der Waals surface area contributed by atoms with Gasteiger partial charge in [0.25, 0.3) is 0 Å². The molecule has 3 aromatic rings. The summed E-state index contributed by atoms with van der Waals surface area (Å²) in [5, 5.41) is 7.07. The van der Waals surface area contributed by atoms with Crippen LogP contribution in [-0.4, -0.2) is 21.5 Å². The van der Waals surface area contributed by atoms with Crippen molar-refractivity contribution in [2.75, 3.05) is 17.2 Å². The molecule has 0 fully saturated rings. The van der Waals surface area contributed by atoms with Crippen LogP contribution >= 0.6 is 34.2 Å². The smallest absolute Gasteiger partial charge is 0.225 e. The average molecular weight is 452 g/mol. The van der Waals surface area contributed by atoms with E-state index in [0.717, 1.165) is 27.1 Å². The van der Waals surface area contributed by atoms with Crippen LogP contribution in [0, 0.1) is 3.57 Å². The van der Waals surface area contributed by atoms with E-state index < -0.39 is 0 Å². The number of aromatic nitrogens is 3. The van der Waals surface area contributed by atoms with Gasteiger partial charge in [-0.15, -0.1) is 0 Å². The fraction of sp³-hybridized carbons (Fsp3) is 0.118. The first-order chi connectivity index (χ1) is 11.7. The van der Waals surface area contributed by atoms with Gasteiger partial charge in [0.2, 0.25) is 5.95 Å². The van der Waals surface area contributed by atoms with Crippen molar-refractivity contribution < 1.29 is 0 Å². The zero-order chi connectivity index (χ0) is 16.9. The van der Waals surface area contributed by atoms with Crippen molar-refractivity contribution in [2.45, 2.75) is 6.92 Å². The van der Waals surface area contributed by atoms with E-state index in [0.29, 0.717) is 16.8 Å². The molecule has 0 aliphatic heterocycles. The lowest BCUT2D eigenvalue weighted by Gasteiger charge is -2.12. The first-order valence-corrected chi connectivity index (χ1v) is 8.87. The first kappa shape index (κ1) is 16.9. The number of nitrogens with one attached hydrogen (secondary N) is 2. The van der Waals surface area contributed by atoms with Crippen molar-refractivity contribution in [2.24, 2.45) is 0 Å². The van der Waals surface area contributed by atoms with E-state index in [1.165, 1.54) is 0 Å². The van der Waals surface area contributed by atoms with Gasteiger partial charge in [0, 0.05) is 34.1 Å². The Bertz CT molecular complexity index is 842. The van der Waals surface area contributed by atoms with Crippen molar-refractivity contribution in [3.05, 3.63) is 57.4 Å². The Kier molecular flexibility index (Phi) is 5.47. The minimum Gasteiger partial charge on any atom is -0.354 e. The molecule has 0 bridgehead atoms. The lowest BCUT2D eigenvalue weighted by Crippen LogP contribution is -2.05. The molecule has 0 atom stereocenters. The summed E-state index contributed by atoms with van der Waals surface area (Å²) in [7, 11) is 0. The Morgan fingerprint density at radius 3 is 2.58 bits per heavy atom. The maximum Gasteiger partial charge on any atom is 0.225 e. The molecule has 0 spiro atoms. The van der Waals surface area contributed by atoms with Gasteiger partial charge in [0.05, 0.1) is 16.4 Å². The Morgan fingerprint density at radius 1 is 1.08 bits per heavy atom. The third kappa shape index (κ3) is 4.12. The van der Waals surface area contributed by atoms with Gasteiger partial charge < -0.3 is 10.6 Å². The molecule has 0 amide bonds. The van der Waals surface area contributed by atoms with Gasteiger partial charge in [0.1, 0.15) is 5.82 Å². The third-order valence-electron chi connectivity index (χ3n) is 3.23. The van der Waals surface area contributed by atoms with E-state index in [4.69, 9.17) is 11.6 Å². The second-order valence-electron chi connectivity index (χ2n) is 4.98. The summed E-state index contributed by atoms with van der Waals surface area (Å²) in [6.45, 7) is 2.75. The fourth-order valence-electron chi connectivity index (χ4n) is 2.15. The predicted molar refractivity (Wildman–Crippen MR) is 107 cm³/mol. The van der Waals surface area contributed by atoms with Crippen molar-refractivity contribution >= 4 is 51.6 Å². The normalized spacial score (nSPS) is 10.5. The molecule has 3 rings (SSSR count). The van der Waals surface area contributed by atoms with Crippen molar-refractivity contribution in [3.8, 4) is 11.3 Å². The number of halogens is 2. The molecule has 0 aliphatic carbocycles. The molecule has 0 aliphatic rings. The number of hydrogen-bond donors (Lipinski definition) is 2. The Hall–Kier alpha value is -1.93. The molecule has 2 N–H and O–H groups in total. The molecule has 2 heterocycles. The number of nitrogens with zero attached hydrogens (tertiary/aromatic N) is 3. The summed E-state index contributed by atoms with van der Waals surface area (Å²) in [4.78, 5) is 13.1. The zero-order valence-corrected chi connectivity index (χ0v) is 15.8. The Morgan fingerprint density at radius 2 is 1.88 bits per heavy atom. The molecule has 0 saturated heterocycles. The maximum absolute atomic E-state index is 6.30. The van der Waals surface area contributed by atoms with Crippen LogP contribution in [0.15, 0.2) is 48.8 Å². The second-order valence-corrected chi connectivity index (χ2v) is 6.63. The number of rotatable bonds is 5. The summed E-state index contributed by atoms with van der Waals surface area (Å²) in [5.74, 6) is 1.24. The standard InChI is InChI=1S/C17H15ClIN5/c1-2-21-17-23-15(11-5-7-20-8-6-11)10-16(24-17)22-14-4-3-12(19)9-13(14)18/h3-10H,2H2,1H3,(H2,21,22,23,24). The van der Waals surface area contributed by atoms with Crippen LogP contribution in [0.5, 0.6) is 0 Å². The van der Waals surface area contributed by atoms with E-state index in [-0.39, 0.29) is 0 Å². The summed E-state index contributed by atoms with van der Waals surface area (Å²) >= 11 is 8.53. The molecule has 5 nitrogen and oxygen atoms in total. The highest BCUT2D eigenvalue weighted by Crippen LogP contribution is 2.28. The van der Waals surface area contributed by atoms with Gasteiger partial charge >= 0.3 is 0 Å². The highest BCUT2D eigenvalue weighted by atomic mass is 127. The lowest BCUT2D eigenvalue weighted by molar-refractivity contribution is 1.09. The summed E-state index contributed by atoms with van der Waals surface area (Å²) in [6, 6.07) is 11.6. The minimum atomic E-state index is 0.566. The van der Waals surface area contributed by atoms with Crippen molar-refractivity contribution in [1.82, 2.24) is 15.0 Å². The van der Waals surface area contributed by atoms with Gasteiger partial charge in [-0.3, -0.25) is 4.98 Å². The van der Waals surface area contributed by atoms with Crippen molar-refractivity contribution in [3.63, 3.8) is 0 Å². The van der Waals surface area contributed by atoms with E-state index in [2.05, 4.69) is 48.2 Å². The van der Waals surface area contributed by atoms with Gasteiger partial charge in [-0.1, -0.05) is 11.6 Å². The van der Waals surface area contributed by atoms with E-state index >= 15 is 0 Å². The summed E-state index contributed by atoms with van der Waals surface area (Å²) in [5.41, 5.74) is 2.59. The number of benzene rings is 1. The molecule has 0 saturated carbocycles. The molecule has 1 aromatic carbocycles. The van der Waals surface area contributed by atoms with Gasteiger partial charge in [0.15, 0.2) is 0 Å². The molecular formula is C17H15ClIN5. The SMILES string of the molecule is CCNc1nc(Nc2ccc(I)cc2Cl)cc(-c2ccncc2)n1. The van der Waals surface area contributed by atoms with E-state index in [1.807, 2.05) is 43.3 Å². The van der Waals surface area contributed by atoms with E-state index in [1.54, 1.807) is 12.4 Å². The van der Waals surface area contributed by atoms with Crippen LogP contribution in [0.1, 0.15) is 6.92 Å². The van der Waals surface area contributed by atoms with Crippen LogP contribution in [-0.2, 0) is 0 Å². The Balaban J connectivity index is 1.99. The van der Waals surface area contributed by atoms with Gasteiger partial charge in [-0.05, 0) is 59.8 Å². The monoisotopic (exact) mass is 451 g/mol. The minimum absolute atomic E-state index is 0.566. The predicted octanol–water partition coefficient (Wildman–Crippen LogP) is 4.97. The van der Waals surface area contributed by atoms with Crippen LogP contribution in [0.2, 0.25) is 5.02 Å². The van der Waals surface area contributed by atoms with Crippen LogP contribution in [0.4, 0.5) is 17.5 Å². The van der Waals surface area contributed by atoms with Gasteiger partial charge in [-0.25, -0.2) is 4.98 Å². The van der Waals surface area contributed by atoms with Crippen LogP contribution in [0.25, 0.3) is 11.3 Å². The molecular weight excluding hydrogens is 437 g/mol.